The third kappa shape index (κ3) is 3.33. The summed E-state index contributed by atoms with van der Waals surface area (Å²) < 4.78 is 0.929. The lowest BCUT2D eigenvalue weighted by atomic mass is 10.1. The van der Waals surface area contributed by atoms with Crippen molar-refractivity contribution in [3.63, 3.8) is 0 Å². The molecule has 0 aliphatic heterocycles. The molecule has 0 spiro atoms. The molecule has 0 N–H and O–H groups in total. The molecule has 0 unspecified atom stereocenters. The number of hydrogen-bond acceptors (Lipinski definition) is 2. The second-order valence-corrected chi connectivity index (χ2v) is 11.9. The first-order valence-electron chi connectivity index (χ1n) is 4.75. The van der Waals surface area contributed by atoms with E-state index in [-0.39, 0.29) is 0 Å². The minimum atomic E-state index is -0.591. The average Bonchev–Trinajstić information content (AvgIpc) is 2.32. The molecule has 1 aromatic carbocycles. The maximum Gasteiger partial charge on any atom is 0.176 e. The van der Waals surface area contributed by atoms with Crippen molar-refractivity contribution >= 4 is 96.2 Å². The first-order valence-corrected chi connectivity index (χ1v) is 8.72. The average molecular weight is 579 g/mol. The van der Waals surface area contributed by atoms with Crippen molar-refractivity contribution in [3.8, 4) is 0 Å². The number of nitrogens with zero attached hydrogens (tertiary/aromatic N) is 4. The normalized spacial score (nSPS) is 11.4. The van der Waals surface area contributed by atoms with E-state index < -0.39 is 2.14 Å². The SMILES string of the molecule is [N-]=[N+]=Nc1c(Br)cc(Br)c2nc(C(Br)(Br)Br)ccc12. The number of azide groups is 1. The van der Waals surface area contributed by atoms with Gasteiger partial charge in [0.1, 0.15) is 0 Å². The van der Waals surface area contributed by atoms with Gasteiger partial charge in [-0.05, 0) is 33.6 Å². The number of benzene rings is 1. The molecule has 19 heavy (non-hydrogen) atoms. The molecule has 2 rings (SSSR count). The van der Waals surface area contributed by atoms with Gasteiger partial charge in [-0.2, -0.15) is 0 Å². The van der Waals surface area contributed by atoms with Gasteiger partial charge >= 0.3 is 0 Å². The molecule has 9 heteroatoms. The monoisotopic (exact) mass is 574 g/mol. The molecule has 0 atom stereocenters. The van der Waals surface area contributed by atoms with E-state index in [1.54, 1.807) is 0 Å². The Morgan fingerprint density at radius 2 is 1.84 bits per heavy atom. The number of fused-ring (bicyclic) bond motifs is 1. The fraction of sp³-hybridized carbons (Fsp3) is 0.100. The quantitative estimate of drug-likeness (QED) is 0.156. The fourth-order valence-electron chi connectivity index (χ4n) is 1.51. The van der Waals surface area contributed by atoms with Crippen LogP contribution in [0, 0.1) is 0 Å². The molecule has 0 bridgehead atoms. The second kappa shape index (κ2) is 5.99. The van der Waals surface area contributed by atoms with Gasteiger partial charge in [-0.3, -0.25) is 0 Å². The fourth-order valence-corrected chi connectivity index (χ4v) is 3.54. The number of pyridine rings is 1. The molecule has 0 saturated carbocycles. The van der Waals surface area contributed by atoms with Crippen molar-refractivity contribution < 1.29 is 0 Å². The molecule has 0 aliphatic carbocycles. The third-order valence-corrected chi connectivity index (χ3v) is 4.72. The molecule has 0 amide bonds. The van der Waals surface area contributed by atoms with Crippen molar-refractivity contribution in [3.05, 3.63) is 43.3 Å². The van der Waals surface area contributed by atoms with Crippen LogP contribution in [0.1, 0.15) is 5.69 Å². The maximum absolute atomic E-state index is 8.64. The molecule has 4 nitrogen and oxygen atoms in total. The van der Waals surface area contributed by atoms with E-state index in [0.29, 0.717) is 15.7 Å². The number of hydrogen-bond donors (Lipinski definition) is 0. The van der Waals surface area contributed by atoms with Crippen LogP contribution in [0.25, 0.3) is 21.3 Å². The standard InChI is InChI=1S/C10H3Br5N4/c11-5-3-6(12)9(18-19-16)4-1-2-7(10(13,14)15)17-8(4)5/h1-3H. The van der Waals surface area contributed by atoms with Crippen LogP contribution >= 0.6 is 79.6 Å². The van der Waals surface area contributed by atoms with Crippen LogP contribution in [0.5, 0.6) is 0 Å². The Hall–Kier alpha value is 0.340. The number of rotatable bonds is 1. The molecule has 1 aromatic heterocycles. The molecule has 1 heterocycles. The Bertz CT molecular complexity index is 703. The van der Waals surface area contributed by atoms with Crippen molar-refractivity contribution in [2.45, 2.75) is 2.14 Å². The smallest absolute Gasteiger partial charge is 0.176 e. The first kappa shape index (κ1) is 15.7. The summed E-state index contributed by atoms with van der Waals surface area (Å²) in [7, 11) is 0. The van der Waals surface area contributed by atoms with Gasteiger partial charge in [-0.15, -0.1) is 0 Å². The zero-order chi connectivity index (χ0) is 14.2. The highest BCUT2D eigenvalue weighted by Gasteiger charge is 2.23. The summed E-state index contributed by atoms with van der Waals surface area (Å²) in [6.07, 6.45) is 0. The van der Waals surface area contributed by atoms with Crippen molar-refractivity contribution in [2.24, 2.45) is 5.11 Å². The summed E-state index contributed by atoms with van der Waals surface area (Å²) in [5.74, 6) is 0. The molecular weight excluding hydrogens is 576 g/mol. The van der Waals surface area contributed by atoms with E-state index in [9.17, 15) is 0 Å². The van der Waals surface area contributed by atoms with Crippen LogP contribution in [-0.4, -0.2) is 4.98 Å². The minimum Gasteiger partial charge on any atom is -0.248 e. The highest BCUT2D eigenvalue weighted by atomic mass is 80.0. The Kier molecular flexibility index (Phi) is 4.96. The predicted octanol–water partition coefficient (Wildman–Crippen LogP) is 7.00. The summed E-state index contributed by atoms with van der Waals surface area (Å²) in [5, 5.41) is 4.47. The zero-order valence-electron chi connectivity index (χ0n) is 8.91. The molecule has 2 aromatic rings. The molecule has 0 radical (unpaired) electrons. The van der Waals surface area contributed by atoms with Gasteiger partial charge < -0.3 is 0 Å². The molecule has 0 aliphatic rings. The van der Waals surface area contributed by atoms with Crippen LogP contribution in [0.15, 0.2) is 32.3 Å². The Balaban J connectivity index is 2.85. The largest absolute Gasteiger partial charge is 0.248 e. The predicted molar refractivity (Wildman–Crippen MR) is 94.4 cm³/mol. The van der Waals surface area contributed by atoms with Crippen LogP contribution in [0.2, 0.25) is 0 Å². The lowest BCUT2D eigenvalue weighted by Gasteiger charge is -2.14. The van der Waals surface area contributed by atoms with Gasteiger partial charge in [0.15, 0.2) is 2.14 Å². The highest BCUT2D eigenvalue weighted by molar-refractivity contribution is 9.38. The second-order valence-electron chi connectivity index (χ2n) is 3.47. The first-order chi connectivity index (χ1) is 8.84. The van der Waals surface area contributed by atoms with Crippen molar-refractivity contribution in [1.82, 2.24) is 4.98 Å². The van der Waals surface area contributed by atoms with E-state index in [2.05, 4.69) is 94.7 Å². The van der Waals surface area contributed by atoms with Crippen LogP contribution in [0.3, 0.4) is 0 Å². The van der Waals surface area contributed by atoms with E-state index in [0.717, 1.165) is 15.6 Å². The number of halogens is 5. The van der Waals surface area contributed by atoms with Crippen LogP contribution in [-0.2, 0) is 2.14 Å². The summed E-state index contributed by atoms with van der Waals surface area (Å²) in [4.78, 5) is 7.38. The van der Waals surface area contributed by atoms with E-state index in [1.807, 2.05) is 18.2 Å². The van der Waals surface area contributed by atoms with Gasteiger partial charge in [-0.1, -0.05) is 74.9 Å². The van der Waals surface area contributed by atoms with Crippen LogP contribution in [0.4, 0.5) is 5.69 Å². The zero-order valence-corrected chi connectivity index (χ0v) is 16.8. The number of aromatic nitrogens is 1. The van der Waals surface area contributed by atoms with Gasteiger partial charge in [0, 0.05) is 19.2 Å². The summed E-state index contributed by atoms with van der Waals surface area (Å²) in [6, 6.07) is 5.49. The highest BCUT2D eigenvalue weighted by Crippen LogP contribution is 2.45. The minimum absolute atomic E-state index is 0.518. The van der Waals surface area contributed by atoms with Gasteiger partial charge in [0.2, 0.25) is 0 Å². The maximum atomic E-state index is 8.64. The van der Waals surface area contributed by atoms with Gasteiger partial charge in [0.25, 0.3) is 0 Å². The molecular formula is C10H3Br5N4. The topological polar surface area (TPSA) is 61.7 Å². The molecule has 0 saturated heterocycles. The summed E-state index contributed by atoms with van der Waals surface area (Å²) in [6.45, 7) is 0. The molecule has 0 fully saturated rings. The van der Waals surface area contributed by atoms with Gasteiger partial charge in [0.05, 0.1) is 16.9 Å². The lowest BCUT2D eigenvalue weighted by molar-refractivity contribution is 1.19. The Morgan fingerprint density at radius 1 is 1.16 bits per heavy atom. The third-order valence-electron chi connectivity index (χ3n) is 2.29. The van der Waals surface area contributed by atoms with E-state index in [1.165, 1.54) is 0 Å². The summed E-state index contributed by atoms with van der Waals surface area (Å²) in [5.41, 5.74) is 10.6. The van der Waals surface area contributed by atoms with E-state index >= 15 is 0 Å². The number of alkyl halides is 3. The van der Waals surface area contributed by atoms with E-state index in [4.69, 9.17) is 5.53 Å². The Labute approximate surface area is 150 Å². The van der Waals surface area contributed by atoms with Gasteiger partial charge in [-0.25, -0.2) is 4.98 Å². The van der Waals surface area contributed by atoms with Crippen LogP contribution < -0.4 is 0 Å². The lowest BCUT2D eigenvalue weighted by Crippen LogP contribution is -2.01. The van der Waals surface area contributed by atoms with Crippen molar-refractivity contribution in [1.29, 1.82) is 0 Å². The Morgan fingerprint density at radius 3 is 2.42 bits per heavy atom. The van der Waals surface area contributed by atoms with Crippen molar-refractivity contribution in [2.75, 3.05) is 0 Å². The molecule has 98 valence electrons. The summed E-state index contributed by atoms with van der Waals surface area (Å²) >= 11 is 17.1.